The van der Waals surface area contributed by atoms with Gasteiger partial charge in [-0.3, -0.25) is 0 Å². The monoisotopic (exact) mass is 173 g/mol. The number of alkyl halides is 1. The van der Waals surface area contributed by atoms with Gasteiger partial charge >= 0.3 is 0 Å². The Morgan fingerprint density at radius 2 is 1.75 bits per heavy atom. The van der Waals surface area contributed by atoms with Gasteiger partial charge in [-0.15, -0.1) is 0 Å². The lowest BCUT2D eigenvalue weighted by atomic mass is 11.0. The molecule has 28 valence electrons. The van der Waals surface area contributed by atoms with Crippen LogP contribution < -0.4 is 0 Å². The summed E-state index contributed by atoms with van der Waals surface area (Å²) in [7, 11) is 0. The van der Waals surface area contributed by atoms with Gasteiger partial charge < -0.3 is 0 Å². The van der Waals surface area contributed by atoms with Gasteiger partial charge in [0.2, 0.25) is 0 Å². The van der Waals surface area contributed by atoms with Crippen molar-refractivity contribution >= 4 is 22.6 Å². The summed E-state index contributed by atoms with van der Waals surface area (Å²) in [6.07, 6.45) is 0. The molecule has 0 aliphatic heterocycles. The first-order chi connectivity index (χ1) is 2.41. The molecule has 0 amide bonds. The largest absolute Gasteiger partial charge is 0.0901 e. The van der Waals surface area contributed by atoms with E-state index in [1.54, 1.807) is 0 Å². The zero-order valence-corrected chi connectivity index (χ0v) is 5.24. The number of rotatable bonds is 0. The van der Waals surface area contributed by atoms with E-state index in [1.807, 2.05) is 36.4 Å². The zero-order valence-electron chi connectivity index (χ0n) is 4.09. The number of hydrogen-bond donors (Lipinski definition) is 0. The van der Waals surface area contributed by atoms with Crippen molar-refractivity contribution in [3.05, 3.63) is 0 Å². The highest BCUT2D eigenvalue weighted by molar-refractivity contribution is 14.1. The first kappa shape index (κ1) is 4.73. The third-order valence-electron chi connectivity index (χ3n) is 0. The average Bonchev–Trinajstić information content (AvgIpc) is 1.46. The molecule has 0 N–H and O–H groups in total. The van der Waals surface area contributed by atoms with Crippen LogP contribution in [0.3, 0.4) is 0 Å². The number of halogens is 1. The summed E-state index contributed by atoms with van der Waals surface area (Å²) in [6, 6.07) is 0. The van der Waals surface area contributed by atoms with Crippen LogP contribution in [0.25, 0.3) is 0 Å². The van der Waals surface area contributed by atoms with Crippen LogP contribution in [0.5, 0.6) is 0 Å². The van der Waals surface area contributed by atoms with Crippen LogP contribution in [0.15, 0.2) is 0 Å². The van der Waals surface area contributed by atoms with Crippen LogP contribution in [0.2, 0.25) is 0 Å². The fourth-order valence-corrected chi connectivity index (χ4v) is 0. The van der Waals surface area contributed by atoms with Gasteiger partial charge in [0, 0.05) is 1.37 Å². The van der Waals surface area contributed by atoms with Crippen LogP contribution >= 0.6 is 22.6 Å². The lowest BCUT2D eigenvalue weighted by Crippen LogP contribution is -0.856. The van der Waals surface area contributed by atoms with Gasteiger partial charge in [-0.05, 0) is 4.91 Å². The molecule has 0 aromatic carbocycles. The van der Waals surface area contributed by atoms with Gasteiger partial charge in [0.1, 0.15) is 0 Å². The Bertz CT molecular complexity index is 6.85. The Balaban J connectivity index is 0. The second kappa shape index (κ2) is 52.2. The number of hydrogen-bond acceptors (Lipinski definition) is 0. The molecule has 4 heavy (non-hydrogen) atoms. The maximum Gasteiger partial charge on any atom is 0.0341 e. The second-order valence-electron chi connectivity index (χ2n) is 0. The zero-order chi connectivity index (χ0) is 4.71. The van der Waals surface area contributed by atoms with Crippen molar-refractivity contribution in [3.8, 4) is 0 Å². The molecule has 0 aliphatic rings. The van der Waals surface area contributed by atoms with Gasteiger partial charge in [-0.1, -0.05) is 36.4 Å². The molecule has 0 heterocycles. The lowest BCUT2D eigenvalue weighted by molar-refractivity contribution is 1.50. The minimum absolute atomic E-state index is 0.470. The minimum atomic E-state index is 0.470. The summed E-state index contributed by atoms with van der Waals surface area (Å²) >= 11 is 1.96. The van der Waals surface area contributed by atoms with E-state index in [1.165, 1.54) is 0 Å². The standard InChI is InChI=1S/C2H6.CH3I/c2*1-2/h1-2H3;1H3/i;1D. The summed E-state index contributed by atoms with van der Waals surface area (Å²) < 4.78 is 6.20. The van der Waals surface area contributed by atoms with Crippen LogP contribution in [0, 0.1) is 0 Å². The molecule has 0 radical (unpaired) electrons. The topological polar surface area (TPSA) is 0 Å². The molecule has 0 nitrogen and oxygen atoms in total. The Morgan fingerprint density at radius 3 is 1.75 bits per heavy atom. The van der Waals surface area contributed by atoms with Crippen LogP contribution in [-0.4, -0.2) is 4.91 Å². The van der Waals surface area contributed by atoms with E-state index in [2.05, 4.69) is 0 Å². The van der Waals surface area contributed by atoms with Gasteiger partial charge in [0.15, 0.2) is 0 Å². The summed E-state index contributed by atoms with van der Waals surface area (Å²) in [5.74, 6) is 0. The predicted octanol–water partition coefficient (Wildman–Crippen LogP) is 2.08. The molecule has 0 saturated heterocycles. The molecule has 0 saturated carbocycles. The van der Waals surface area contributed by atoms with E-state index in [9.17, 15) is 0 Å². The normalized spacial score (nSPS) is 6.25. The van der Waals surface area contributed by atoms with E-state index >= 15 is 0 Å². The molecular weight excluding hydrogens is 163 g/mol. The van der Waals surface area contributed by atoms with E-state index in [4.69, 9.17) is 1.37 Å². The van der Waals surface area contributed by atoms with Gasteiger partial charge in [-0.2, -0.15) is 0 Å². The van der Waals surface area contributed by atoms with Crippen molar-refractivity contribution in [2.45, 2.75) is 13.8 Å². The van der Waals surface area contributed by atoms with Gasteiger partial charge in [0.05, 0.1) is 0 Å². The van der Waals surface area contributed by atoms with Crippen molar-refractivity contribution in [1.29, 1.82) is 0 Å². The molecule has 0 aliphatic carbocycles. The quantitative estimate of drug-likeness (QED) is 0.388. The van der Waals surface area contributed by atoms with E-state index < -0.39 is 0 Å². The molecule has 0 spiro atoms. The fourth-order valence-electron chi connectivity index (χ4n) is 0. The highest BCUT2D eigenvalue weighted by atomic mass is 127. The fraction of sp³-hybridized carbons (Fsp3) is 1.00. The molecule has 0 unspecified atom stereocenters. The maximum absolute atomic E-state index is 6.20. The third-order valence-corrected chi connectivity index (χ3v) is 0. The first-order valence-electron chi connectivity index (χ1n) is 1.97. The second-order valence-corrected chi connectivity index (χ2v) is 0. The van der Waals surface area contributed by atoms with Gasteiger partial charge in [-0.25, -0.2) is 0 Å². The van der Waals surface area contributed by atoms with Crippen molar-refractivity contribution in [1.82, 2.24) is 0 Å². The Hall–Kier alpha value is 0.730. The van der Waals surface area contributed by atoms with Crippen molar-refractivity contribution in [2.75, 3.05) is 4.91 Å². The molecule has 0 fully saturated rings. The molecular formula is C3H9I. The third kappa shape index (κ3) is 15.3. The summed E-state index contributed by atoms with van der Waals surface area (Å²) in [4.78, 5) is 0.470. The SMILES string of the molecule is CC.[2H]CI. The highest BCUT2D eigenvalue weighted by Crippen LogP contribution is 1.48. The molecule has 0 aromatic rings. The minimum Gasteiger partial charge on any atom is -0.0901 e. The Labute approximate surface area is 43.1 Å². The Morgan fingerprint density at radius 1 is 1.75 bits per heavy atom. The Kier molecular flexibility index (Phi) is 61.7. The van der Waals surface area contributed by atoms with E-state index in [0.717, 1.165) is 0 Å². The van der Waals surface area contributed by atoms with Crippen molar-refractivity contribution in [2.24, 2.45) is 0 Å². The average molecular weight is 173 g/mol. The van der Waals surface area contributed by atoms with Crippen molar-refractivity contribution in [3.63, 3.8) is 0 Å². The van der Waals surface area contributed by atoms with Gasteiger partial charge in [0.25, 0.3) is 0 Å². The molecule has 0 atom stereocenters. The molecule has 1 heteroatoms. The summed E-state index contributed by atoms with van der Waals surface area (Å²) in [5, 5.41) is 0. The van der Waals surface area contributed by atoms with Crippen LogP contribution in [-0.2, 0) is 0 Å². The maximum atomic E-state index is 6.20. The lowest BCUT2D eigenvalue weighted by Gasteiger charge is -1.07. The smallest absolute Gasteiger partial charge is 0.0341 e. The molecule has 0 aromatic heterocycles. The van der Waals surface area contributed by atoms with Crippen molar-refractivity contribution < 1.29 is 1.37 Å². The van der Waals surface area contributed by atoms with E-state index in [-0.39, 0.29) is 0 Å². The molecule has 0 rings (SSSR count). The highest BCUT2D eigenvalue weighted by Gasteiger charge is 0.950. The van der Waals surface area contributed by atoms with E-state index in [0.29, 0.717) is 4.91 Å². The summed E-state index contributed by atoms with van der Waals surface area (Å²) in [6.45, 7) is 4.00. The van der Waals surface area contributed by atoms with Crippen LogP contribution in [0.1, 0.15) is 15.2 Å². The summed E-state index contributed by atoms with van der Waals surface area (Å²) in [5.41, 5.74) is 0. The molecule has 0 bridgehead atoms. The predicted molar refractivity (Wildman–Crippen MR) is 31.3 cm³/mol. The first-order valence-corrected chi connectivity index (χ1v) is 2.79. The van der Waals surface area contributed by atoms with Crippen LogP contribution in [0.4, 0.5) is 0 Å².